The number of anilines is 1. The smallest absolute Gasteiger partial charge is 0.242 e. The van der Waals surface area contributed by atoms with Crippen LogP contribution in [-0.2, 0) is 10.0 Å². The zero-order valence-corrected chi connectivity index (χ0v) is 11.9. The Morgan fingerprint density at radius 2 is 2.32 bits per heavy atom. The van der Waals surface area contributed by atoms with Crippen molar-refractivity contribution in [1.82, 2.24) is 4.72 Å². The van der Waals surface area contributed by atoms with Gasteiger partial charge in [0, 0.05) is 6.54 Å². The summed E-state index contributed by atoms with van der Waals surface area (Å²) in [6, 6.07) is 6.13. The normalized spacial score (nSPS) is 19.2. The van der Waals surface area contributed by atoms with Crippen molar-refractivity contribution in [3.63, 3.8) is 0 Å². The van der Waals surface area contributed by atoms with Crippen LogP contribution in [0.5, 0.6) is 0 Å². The maximum Gasteiger partial charge on any atom is 0.242 e. The molecule has 1 heterocycles. The largest absolute Gasteiger partial charge is 0.398 e. The van der Waals surface area contributed by atoms with Gasteiger partial charge in [-0.15, -0.1) is 0 Å². The van der Waals surface area contributed by atoms with Crippen molar-refractivity contribution in [3.05, 3.63) is 23.8 Å². The second-order valence-corrected chi connectivity index (χ2v) is 7.33. The Morgan fingerprint density at radius 3 is 2.89 bits per heavy atom. The second-order valence-electron chi connectivity index (χ2n) is 4.45. The maximum absolute atomic E-state index is 12.1. The molecule has 0 radical (unpaired) electrons. The van der Waals surface area contributed by atoms with Crippen LogP contribution in [0, 0.1) is 17.2 Å². The molecule has 19 heavy (non-hydrogen) atoms. The first-order chi connectivity index (χ1) is 9.03. The molecule has 0 bridgehead atoms. The molecule has 2 rings (SSSR count). The van der Waals surface area contributed by atoms with Gasteiger partial charge in [0.05, 0.1) is 17.3 Å². The van der Waals surface area contributed by atoms with Crippen molar-refractivity contribution in [2.75, 3.05) is 23.8 Å². The number of hydrogen-bond acceptors (Lipinski definition) is 5. The first-order valence-corrected chi connectivity index (χ1v) is 8.54. The van der Waals surface area contributed by atoms with Gasteiger partial charge < -0.3 is 5.73 Å². The van der Waals surface area contributed by atoms with Gasteiger partial charge in [-0.1, -0.05) is 0 Å². The lowest BCUT2D eigenvalue weighted by Gasteiger charge is -2.12. The fourth-order valence-corrected chi connectivity index (χ4v) is 4.42. The Hall–Kier alpha value is -1.23. The molecule has 1 aliphatic heterocycles. The lowest BCUT2D eigenvalue weighted by atomic mass is 10.1. The number of nitriles is 1. The Labute approximate surface area is 117 Å². The molecule has 1 atom stereocenters. The third kappa shape index (κ3) is 3.41. The number of benzene rings is 1. The zero-order chi connectivity index (χ0) is 13.9. The zero-order valence-electron chi connectivity index (χ0n) is 10.3. The Balaban J connectivity index is 2.12. The highest BCUT2D eigenvalue weighted by atomic mass is 32.2. The van der Waals surface area contributed by atoms with Gasteiger partial charge in [0.15, 0.2) is 0 Å². The summed E-state index contributed by atoms with van der Waals surface area (Å²) in [5, 5.41) is 8.73. The van der Waals surface area contributed by atoms with E-state index in [-0.39, 0.29) is 10.6 Å². The minimum atomic E-state index is -3.60. The molecule has 1 aromatic carbocycles. The molecule has 5 nitrogen and oxygen atoms in total. The average Bonchev–Trinajstić information content (AvgIpc) is 2.89. The van der Waals surface area contributed by atoms with E-state index in [4.69, 9.17) is 11.0 Å². The van der Waals surface area contributed by atoms with Crippen molar-refractivity contribution < 1.29 is 8.42 Å². The molecule has 0 saturated carbocycles. The van der Waals surface area contributed by atoms with Crippen LogP contribution in [0.3, 0.4) is 0 Å². The van der Waals surface area contributed by atoms with E-state index in [1.165, 1.54) is 18.2 Å². The van der Waals surface area contributed by atoms with Gasteiger partial charge in [0.2, 0.25) is 10.0 Å². The summed E-state index contributed by atoms with van der Waals surface area (Å²) in [5.41, 5.74) is 6.15. The van der Waals surface area contributed by atoms with E-state index in [1.54, 1.807) is 0 Å². The highest BCUT2D eigenvalue weighted by Crippen LogP contribution is 2.24. The van der Waals surface area contributed by atoms with Gasteiger partial charge in [-0.05, 0) is 42.0 Å². The monoisotopic (exact) mass is 297 g/mol. The van der Waals surface area contributed by atoms with Gasteiger partial charge in [-0.3, -0.25) is 0 Å². The molecule has 0 spiro atoms. The van der Waals surface area contributed by atoms with Crippen LogP contribution in [0.4, 0.5) is 5.69 Å². The van der Waals surface area contributed by atoms with Crippen LogP contribution in [0.25, 0.3) is 0 Å². The summed E-state index contributed by atoms with van der Waals surface area (Å²) in [5.74, 6) is 2.47. The van der Waals surface area contributed by atoms with Gasteiger partial charge in [-0.2, -0.15) is 17.0 Å². The van der Waals surface area contributed by atoms with Crippen molar-refractivity contribution in [3.8, 4) is 6.07 Å². The fraction of sp³-hybridized carbons (Fsp3) is 0.417. The minimum Gasteiger partial charge on any atom is -0.398 e. The number of nitrogen functional groups attached to an aromatic ring is 1. The molecule has 1 saturated heterocycles. The van der Waals surface area contributed by atoms with E-state index >= 15 is 0 Å². The summed E-state index contributed by atoms with van der Waals surface area (Å²) in [6.45, 7) is 0.439. The predicted molar refractivity (Wildman–Crippen MR) is 76.2 cm³/mol. The second kappa shape index (κ2) is 5.82. The molecule has 7 heteroatoms. The molecule has 1 aliphatic rings. The highest BCUT2D eigenvalue weighted by molar-refractivity contribution is 7.99. The number of nitrogens with one attached hydrogen (secondary N) is 1. The van der Waals surface area contributed by atoms with E-state index in [2.05, 4.69) is 4.72 Å². The van der Waals surface area contributed by atoms with Crippen LogP contribution >= 0.6 is 11.8 Å². The van der Waals surface area contributed by atoms with Crippen molar-refractivity contribution in [1.29, 1.82) is 5.26 Å². The number of hydrogen-bond donors (Lipinski definition) is 2. The fourth-order valence-electron chi connectivity index (χ4n) is 1.91. The van der Waals surface area contributed by atoms with Crippen molar-refractivity contribution in [2.45, 2.75) is 11.3 Å². The lowest BCUT2D eigenvalue weighted by Crippen LogP contribution is -2.30. The molecule has 1 fully saturated rings. The molecule has 3 N–H and O–H groups in total. The van der Waals surface area contributed by atoms with E-state index in [0.717, 1.165) is 17.9 Å². The van der Waals surface area contributed by atoms with Crippen LogP contribution in [0.1, 0.15) is 12.0 Å². The van der Waals surface area contributed by atoms with E-state index < -0.39 is 10.0 Å². The summed E-state index contributed by atoms with van der Waals surface area (Å²) < 4.78 is 26.8. The van der Waals surface area contributed by atoms with Gasteiger partial charge in [0.1, 0.15) is 4.90 Å². The number of rotatable bonds is 4. The van der Waals surface area contributed by atoms with Gasteiger partial charge in [0.25, 0.3) is 0 Å². The predicted octanol–water partition coefficient (Wildman–Crippen LogP) is 1.17. The molecule has 1 unspecified atom stereocenters. The van der Waals surface area contributed by atoms with Crippen LogP contribution < -0.4 is 10.5 Å². The molecular weight excluding hydrogens is 282 g/mol. The van der Waals surface area contributed by atoms with E-state index in [1.807, 2.05) is 17.8 Å². The first-order valence-electron chi connectivity index (χ1n) is 5.90. The van der Waals surface area contributed by atoms with E-state index in [0.29, 0.717) is 18.0 Å². The van der Waals surface area contributed by atoms with Crippen molar-refractivity contribution in [2.24, 2.45) is 5.92 Å². The van der Waals surface area contributed by atoms with Crippen LogP contribution in [-0.4, -0.2) is 26.5 Å². The summed E-state index contributed by atoms with van der Waals surface area (Å²) in [6.07, 6.45) is 1.04. The number of nitrogens with two attached hydrogens (primary N) is 1. The van der Waals surface area contributed by atoms with Gasteiger partial charge >= 0.3 is 0 Å². The molecular formula is C12H15N3O2S2. The Morgan fingerprint density at radius 1 is 1.53 bits per heavy atom. The summed E-state index contributed by atoms with van der Waals surface area (Å²) in [7, 11) is -3.60. The molecule has 1 aromatic rings. The summed E-state index contributed by atoms with van der Waals surface area (Å²) >= 11 is 1.84. The standard InChI is InChI=1S/C12H15N3O2S2/c13-6-9-1-2-12(11(14)5-9)19(16,17)15-7-10-3-4-18-8-10/h1-2,5,10,15H,3-4,7-8,14H2. The average molecular weight is 297 g/mol. The number of sulfonamides is 1. The quantitative estimate of drug-likeness (QED) is 0.813. The molecule has 0 amide bonds. The number of nitrogens with zero attached hydrogens (tertiary/aromatic N) is 1. The SMILES string of the molecule is N#Cc1ccc(S(=O)(=O)NCC2CCSC2)c(N)c1. The lowest BCUT2D eigenvalue weighted by molar-refractivity contribution is 0.546. The third-order valence-electron chi connectivity index (χ3n) is 3.01. The third-order valence-corrected chi connectivity index (χ3v) is 5.74. The minimum absolute atomic E-state index is 0.0390. The van der Waals surface area contributed by atoms with Crippen LogP contribution in [0.2, 0.25) is 0 Å². The first kappa shape index (κ1) is 14.2. The molecule has 102 valence electrons. The molecule has 0 aromatic heterocycles. The summed E-state index contributed by atoms with van der Waals surface area (Å²) in [4.78, 5) is 0.0390. The maximum atomic E-state index is 12.1. The van der Waals surface area contributed by atoms with Crippen molar-refractivity contribution >= 4 is 27.5 Å². The van der Waals surface area contributed by atoms with E-state index in [9.17, 15) is 8.42 Å². The number of thioether (sulfide) groups is 1. The topological polar surface area (TPSA) is 96.0 Å². The Kier molecular flexibility index (Phi) is 4.34. The Bertz CT molecular complexity index is 602. The molecule has 0 aliphatic carbocycles. The highest BCUT2D eigenvalue weighted by Gasteiger charge is 2.21. The van der Waals surface area contributed by atoms with Gasteiger partial charge in [-0.25, -0.2) is 13.1 Å². The van der Waals surface area contributed by atoms with Crippen LogP contribution in [0.15, 0.2) is 23.1 Å².